The molecule has 1 N–H and O–H groups in total. The second-order valence-corrected chi connectivity index (χ2v) is 5.58. The van der Waals surface area contributed by atoms with Crippen molar-refractivity contribution in [2.45, 2.75) is 32.5 Å². The molecule has 1 aromatic carbocycles. The maximum Gasteiger partial charge on any atom is 0.263 e. The summed E-state index contributed by atoms with van der Waals surface area (Å²) in [6.07, 6.45) is -0.573. The summed E-state index contributed by atoms with van der Waals surface area (Å²) >= 11 is 11.8. The van der Waals surface area contributed by atoms with Crippen LogP contribution >= 0.6 is 23.2 Å². The Bertz CT molecular complexity index is 466. The van der Waals surface area contributed by atoms with Crippen molar-refractivity contribution in [1.82, 2.24) is 4.90 Å². The molecule has 0 bridgehead atoms. The van der Waals surface area contributed by atoms with Gasteiger partial charge in [0.05, 0.1) is 11.1 Å². The first-order valence-electron chi connectivity index (χ1n) is 6.36. The van der Waals surface area contributed by atoms with E-state index in [-0.39, 0.29) is 5.91 Å². The molecule has 2 unspecified atom stereocenters. The van der Waals surface area contributed by atoms with Crippen molar-refractivity contribution in [3.63, 3.8) is 0 Å². The van der Waals surface area contributed by atoms with Gasteiger partial charge in [-0.2, -0.15) is 0 Å². The smallest absolute Gasteiger partial charge is 0.263 e. The first kappa shape index (κ1) is 17.1. The molecule has 2 atom stereocenters. The Morgan fingerprint density at radius 2 is 2.05 bits per heavy atom. The van der Waals surface area contributed by atoms with Gasteiger partial charge >= 0.3 is 0 Å². The van der Waals surface area contributed by atoms with E-state index >= 15 is 0 Å². The minimum Gasteiger partial charge on any atom is -0.479 e. The quantitative estimate of drug-likeness (QED) is 0.877. The lowest BCUT2D eigenvalue weighted by Gasteiger charge is -2.23. The number of aliphatic hydroxyl groups excluding tert-OH is 1. The van der Waals surface area contributed by atoms with Crippen LogP contribution in [-0.4, -0.2) is 41.7 Å². The van der Waals surface area contributed by atoms with Crippen LogP contribution in [0.4, 0.5) is 0 Å². The van der Waals surface area contributed by atoms with Crippen LogP contribution in [0.25, 0.3) is 0 Å². The van der Waals surface area contributed by atoms with Crippen LogP contribution in [0.2, 0.25) is 10.0 Å². The van der Waals surface area contributed by atoms with E-state index in [0.29, 0.717) is 28.8 Å². The van der Waals surface area contributed by atoms with Crippen LogP contribution in [-0.2, 0) is 4.79 Å². The number of amides is 1. The molecule has 1 aromatic rings. The maximum absolute atomic E-state index is 12.1. The average Bonchev–Trinajstić information content (AvgIpc) is 2.38. The highest BCUT2D eigenvalue weighted by molar-refractivity contribution is 6.35. The van der Waals surface area contributed by atoms with Crippen LogP contribution in [0.1, 0.15) is 20.3 Å². The molecular formula is C14H19Cl2NO3. The minimum absolute atomic E-state index is 0.170. The van der Waals surface area contributed by atoms with E-state index in [0.717, 1.165) is 0 Å². The Hall–Kier alpha value is -0.970. The van der Waals surface area contributed by atoms with Crippen molar-refractivity contribution in [3.8, 4) is 5.75 Å². The highest BCUT2D eigenvalue weighted by Gasteiger charge is 2.20. The van der Waals surface area contributed by atoms with Gasteiger partial charge in [-0.05, 0) is 38.5 Å². The van der Waals surface area contributed by atoms with E-state index in [4.69, 9.17) is 27.9 Å². The molecular weight excluding hydrogens is 301 g/mol. The summed E-state index contributed by atoms with van der Waals surface area (Å²) in [5, 5.41) is 10.1. The molecule has 112 valence electrons. The number of hydrogen-bond donors (Lipinski definition) is 1. The first-order valence-corrected chi connectivity index (χ1v) is 7.11. The number of ether oxygens (including phenoxy) is 1. The average molecular weight is 320 g/mol. The predicted molar refractivity (Wildman–Crippen MR) is 80.5 cm³/mol. The molecule has 0 spiro atoms. The summed E-state index contributed by atoms with van der Waals surface area (Å²) < 4.78 is 5.55. The van der Waals surface area contributed by atoms with Crippen molar-refractivity contribution in [2.75, 3.05) is 13.6 Å². The van der Waals surface area contributed by atoms with Crippen molar-refractivity contribution >= 4 is 29.1 Å². The van der Waals surface area contributed by atoms with Crippen LogP contribution in [0.3, 0.4) is 0 Å². The third-order valence-electron chi connectivity index (χ3n) is 2.80. The molecule has 0 radical (unpaired) electrons. The lowest BCUT2D eigenvalue weighted by atomic mass is 10.2. The monoisotopic (exact) mass is 319 g/mol. The number of halogens is 2. The van der Waals surface area contributed by atoms with Crippen LogP contribution in [0.5, 0.6) is 5.75 Å². The number of nitrogens with zero attached hydrogens (tertiary/aromatic N) is 1. The molecule has 20 heavy (non-hydrogen) atoms. The summed E-state index contributed by atoms with van der Waals surface area (Å²) in [6, 6.07) is 4.84. The highest BCUT2D eigenvalue weighted by atomic mass is 35.5. The largest absolute Gasteiger partial charge is 0.479 e. The molecule has 0 fully saturated rings. The standard InChI is InChI=1S/C14H19Cl2NO3/c1-9(18)6-7-17(3)14(19)10(2)20-13-5-4-11(15)8-12(13)16/h4-5,8-10,18H,6-7H2,1-3H3. The summed E-state index contributed by atoms with van der Waals surface area (Å²) in [6.45, 7) is 3.82. The fourth-order valence-corrected chi connectivity index (χ4v) is 2.07. The van der Waals surface area contributed by atoms with E-state index in [9.17, 15) is 9.90 Å². The van der Waals surface area contributed by atoms with Crippen molar-refractivity contribution in [2.24, 2.45) is 0 Å². The molecule has 1 amide bonds. The minimum atomic E-state index is -0.660. The zero-order valence-corrected chi connectivity index (χ0v) is 13.3. The molecule has 0 saturated heterocycles. The third kappa shape index (κ3) is 5.19. The SMILES string of the molecule is CC(O)CCN(C)C(=O)C(C)Oc1ccc(Cl)cc1Cl. The van der Waals surface area contributed by atoms with Gasteiger partial charge in [-0.3, -0.25) is 4.79 Å². The number of rotatable bonds is 6. The third-order valence-corrected chi connectivity index (χ3v) is 3.33. The van der Waals surface area contributed by atoms with Crippen LogP contribution in [0, 0.1) is 0 Å². The van der Waals surface area contributed by atoms with Gasteiger partial charge in [0.2, 0.25) is 0 Å². The molecule has 6 heteroatoms. The Morgan fingerprint density at radius 1 is 1.40 bits per heavy atom. The lowest BCUT2D eigenvalue weighted by Crippen LogP contribution is -2.39. The van der Waals surface area contributed by atoms with Gasteiger partial charge in [0, 0.05) is 18.6 Å². The van der Waals surface area contributed by atoms with Crippen molar-refractivity contribution in [1.29, 1.82) is 0 Å². The number of carbonyl (C=O) groups excluding carboxylic acids is 1. The zero-order chi connectivity index (χ0) is 15.3. The van der Waals surface area contributed by atoms with Crippen molar-refractivity contribution < 1.29 is 14.6 Å². The Morgan fingerprint density at radius 3 is 2.60 bits per heavy atom. The van der Waals surface area contributed by atoms with Gasteiger partial charge in [0.15, 0.2) is 6.10 Å². The van der Waals surface area contributed by atoms with Gasteiger partial charge < -0.3 is 14.7 Å². The number of aliphatic hydroxyl groups is 1. The van der Waals surface area contributed by atoms with Gasteiger partial charge in [-0.15, -0.1) is 0 Å². The van der Waals surface area contributed by atoms with Gasteiger partial charge in [-0.25, -0.2) is 0 Å². The van der Waals surface area contributed by atoms with E-state index in [1.165, 1.54) is 4.90 Å². The molecule has 0 aliphatic rings. The van der Waals surface area contributed by atoms with E-state index in [1.54, 1.807) is 39.1 Å². The lowest BCUT2D eigenvalue weighted by molar-refractivity contribution is -0.136. The number of hydrogen-bond acceptors (Lipinski definition) is 3. The number of benzene rings is 1. The van der Waals surface area contributed by atoms with Crippen LogP contribution < -0.4 is 4.74 Å². The van der Waals surface area contributed by atoms with Crippen LogP contribution in [0.15, 0.2) is 18.2 Å². The molecule has 1 rings (SSSR count). The molecule has 0 aliphatic carbocycles. The van der Waals surface area contributed by atoms with Crippen molar-refractivity contribution in [3.05, 3.63) is 28.2 Å². The first-order chi connectivity index (χ1) is 9.31. The molecule has 0 heterocycles. The summed E-state index contributed by atoms with van der Waals surface area (Å²) in [4.78, 5) is 13.6. The highest BCUT2D eigenvalue weighted by Crippen LogP contribution is 2.28. The molecule has 4 nitrogen and oxygen atoms in total. The van der Waals surface area contributed by atoms with E-state index in [1.807, 2.05) is 0 Å². The molecule has 0 aliphatic heterocycles. The fraction of sp³-hybridized carbons (Fsp3) is 0.500. The second-order valence-electron chi connectivity index (χ2n) is 4.73. The normalized spacial score (nSPS) is 13.7. The maximum atomic E-state index is 12.1. The summed E-state index contributed by atoms with van der Waals surface area (Å²) in [5.74, 6) is 0.248. The van der Waals surface area contributed by atoms with Gasteiger partial charge in [0.25, 0.3) is 5.91 Å². The molecule has 0 aromatic heterocycles. The Labute approximate surface area is 129 Å². The van der Waals surface area contributed by atoms with Gasteiger partial charge in [-0.1, -0.05) is 23.2 Å². The Balaban J connectivity index is 2.61. The predicted octanol–water partition coefficient (Wildman–Crippen LogP) is 2.99. The second kappa shape index (κ2) is 7.72. The zero-order valence-electron chi connectivity index (χ0n) is 11.8. The summed E-state index contributed by atoms with van der Waals surface area (Å²) in [5.41, 5.74) is 0. The summed E-state index contributed by atoms with van der Waals surface area (Å²) in [7, 11) is 1.67. The number of carbonyl (C=O) groups is 1. The fourth-order valence-electron chi connectivity index (χ4n) is 1.61. The topological polar surface area (TPSA) is 49.8 Å². The Kier molecular flexibility index (Phi) is 6.59. The van der Waals surface area contributed by atoms with E-state index in [2.05, 4.69) is 0 Å². The van der Waals surface area contributed by atoms with Gasteiger partial charge in [0.1, 0.15) is 5.75 Å². The molecule has 0 saturated carbocycles. The number of likely N-dealkylation sites (N-methyl/N-ethyl adjacent to an activating group) is 1. The van der Waals surface area contributed by atoms with E-state index < -0.39 is 12.2 Å².